The second-order valence-corrected chi connectivity index (χ2v) is 9.27. The molecule has 0 amide bonds. The smallest absolute Gasteiger partial charge is 0.263 e. The summed E-state index contributed by atoms with van der Waals surface area (Å²) in [6, 6.07) is 24.6. The first-order chi connectivity index (χ1) is 19.0. The molecule has 1 N–H and O–H groups in total. The molecule has 3 aromatic heterocycles. The van der Waals surface area contributed by atoms with Gasteiger partial charge in [-0.15, -0.1) is 0 Å². The minimum Gasteiger partial charge on any atom is -0.361 e. The number of aryl methyl sites for hydroxylation is 1. The fourth-order valence-corrected chi connectivity index (χ4v) is 4.84. The summed E-state index contributed by atoms with van der Waals surface area (Å²) in [5.74, 6) is 1.25. The fourth-order valence-electron chi connectivity index (χ4n) is 4.84. The molecule has 0 unspecified atom stereocenters. The molecule has 0 aliphatic carbocycles. The van der Waals surface area contributed by atoms with E-state index in [1.165, 1.54) is 6.33 Å². The lowest BCUT2D eigenvalue weighted by Gasteiger charge is -2.22. The number of anilines is 1. The largest absolute Gasteiger partial charge is 0.361 e. The lowest BCUT2D eigenvalue weighted by molar-refractivity contribution is 0.774. The summed E-state index contributed by atoms with van der Waals surface area (Å²) in [5.41, 5.74) is 4.18. The van der Waals surface area contributed by atoms with Crippen LogP contribution in [0, 0.1) is 18.3 Å². The summed E-state index contributed by atoms with van der Waals surface area (Å²) < 4.78 is 1.74. The van der Waals surface area contributed by atoms with Crippen LogP contribution in [0.5, 0.6) is 0 Å². The quantitative estimate of drug-likeness (QED) is 0.315. The number of para-hydroxylation sites is 1. The Kier molecular flexibility index (Phi) is 6.02. The Morgan fingerprint density at radius 2 is 1.72 bits per heavy atom. The number of nitrogens with zero attached hydrogens (tertiary/aromatic N) is 6. The number of rotatable bonds is 5. The molecule has 6 rings (SSSR count). The molecule has 0 aliphatic heterocycles. The predicted molar refractivity (Wildman–Crippen MR) is 152 cm³/mol. The van der Waals surface area contributed by atoms with Crippen molar-refractivity contribution in [3.63, 3.8) is 0 Å². The molecular weight excluding hydrogens is 486 g/mol. The minimum absolute atomic E-state index is 0.141. The SMILES string of the molecule is Cc1ncc(-c2cccc3cc([C@H](C)Nc4ncnc5ccc(C#N)cc45)n(-c4ccccc4)c(=O)c23)cn1. The van der Waals surface area contributed by atoms with Crippen LogP contribution in [-0.2, 0) is 0 Å². The third-order valence-electron chi connectivity index (χ3n) is 6.74. The second kappa shape index (κ2) is 9.80. The van der Waals surface area contributed by atoms with E-state index in [0.717, 1.165) is 38.8 Å². The number of hydrogen-bond acceptors (Lipinski definition) is 7. The molecule has 8 nitrogen and oxygen atoms in total. The molecule has 3 aromatic carbocycles. The van der Waals surface area contributed by atoms with Crippen LogP contribution in [0.4, 0.5) is 5.82 Å². The zero-order valence-corrected chi connectivity index (χ0v) is 21.3. The molecule has 188 valence electrons. The standard InChI is InChI=1S/C31H23N7O/c1-19(37-30-26-13-21(15-32)11-12-27(26)35-18-36-30)28-14-22-7-6-10-25(23-16-33-20(2)34-17-23)29(22)31(39)38(28)24-8-4-3-5-9-24/h3-14,16-19H,1-2H3,(H,35,36,37)/t19-/m0/s1. The van der Waals surface area contributed by atoms with Crippen molar-refractivity contribution in [1.29, 1.82) is 5.26 Å². The summed E-state index contributed by atoms with van der Waals surface area (Å²) in [7, 11) is 0. The van der Waals surface area contributed by atoms with Crippen molar-refractivity contribution < 1.29 is 0 Å². The van der Waals surface area contributed by atoms with Crippen LogP contribution in [0.25, 0.3) is 38.5 Å². The number of fused-ring (bicyclic) bond motifs is 2. The highest BCUT2D eigenvalue weighted by molar-refractivity contribution is 5.96. The normalized spacial score (nSPS) is 11.8. The molecule has 8 heteroatoms. The summed E-state index contributed by atoms with van der Waals surface area (Å²) in [6.07, 6.45) is 4.98. The number of nitriles is 1. The van der Waals surface area contributed by atoms with Crippen LogP contribution in [0.15, 0.2) is 96.3 Å². The van der Waals surface area contributed by atoms with E-state index in [4.69, 9.17) is 0 Å². The first-order valence-electron chi connectivity index (χ1n) is 12.5. The van der Waals surface area contributed by atoms with Gasteiger partial charge in [0.2, 0.25) is 0 Å². The lowest BCUT2D eigenvalue weighted by Crippen LogP contribution is -2.26. The third kappa shape index (κ3) is 4.36. The average Bonchev–Trinajstić information content (AvgIpc) is 2.97. The van der Waals surface area contributed by atoms with Crippen LogP contribution >= 0.6 is 0 Å². The van der Waals surface area contributed by atoms with E-state index >= 15 is 0 Å². The summed E-state index contributed by atoms with van der Waals surface area (Å²) in [5, 5.41) is 15.0. The summed E-state index contributed by atoms with van der Waals surface area (Å²) in [4.78, 5) is 31.8. The highest BCUT2D eigenvalue weighted by Crippen LogP contribution is 2.30. The molecule has 6 aromatic rings. The van der Waals surface area contributed by atoms with Gasteiger partial charge in [0.25, 0.3) is 5.56 Å². The number of nitrogens with one attached hydrogen (secondary N) is 1. The van der Waals surface area contributed by atoms with E-state index in [-0.39, 0.29) is 11.6 Å². The maximum atomic E-state index is 14.3. The third-order valence-corrected chi connectivity index (χ3v) is 6.74. The molecule has 0 saturated heterocycles. The zero-order chi connectivity index (χ0) is 26.9. The van der Waals surface area contributed by atoms with Crippen LogP contribution in [0.3, 0.4) is 0 Å². The number of hydrogen-bond donors (Lipinski definition) is 1. The van der Waals surface area contributed by atoms with Crippen LogP contribution in [0.1, 0.15) is 30.0 Å². The average molecular weight is 510 g/mol. The lowest BCUT2D eigenvalue weighted by atomic mass is 9.99. The molecule has 39 heavy (non-hydrogen) atoms. The molecule has 3 heterocycles. The molecule has 0 aliphatic rings. The zero-order valence-electron chi connectivity index (χ0n) is 21.3. The van der Waals surface area contributed by atoms with Crippen molar-refractivity contribution >= 4 is 27.5 Å². The first-order valence-corrected chi connectivity index (χ1v) is 12.5. The Hall–Kier alpha value is -5.42. The van der Waals surface area contributed by atoms with Gasteiger partial charge in [0.05, 0.1) is 28.6 Å². The second-order valence-electron chi connectivity index (χ2n) is 9.27. The maximum absolute atomic E-state index is 14.3. The van der Waals surface area contributed by atoms with Gasteiger partial charge in [-0.2, -0.15) is 5.26 Å². The van der Waals surface area contributed by atoms with Crippen molar-refractivity contribution in [3.05, 3.63) is 119 Å². The van der Waals surface area contributed by atoms with Crippen molar-refractivity contribution in [3.8, 4) is 22.9 Å². The van der Waals surface area contributed by atoms with E-state index in [9.17, 15) is 10.1 Å². The van der Waals surface area contributed by atoms with E-state index in [1.54, 1.807) is 35.2 Å². The maximum Gasteiger partial charge on any atom is 0.263 e. The van der Waals surface area contributed by atoms with Crippen molar-refractivity contribution in [2.75, 3.05) is 5.32 Å². The Bertz CT molecular complexity index is 1940. The van der Waals surface area contributed by atoms with E-state index < -0.39 is 0 Å². The highest BCUT2D eigenvalue weighted by atomic mass is 16.1. The van der Waals surface area contributed by atoms with Gasteiger partial charge >= 0.3 is 0 Å². The van der Waals surface area contributed by atoms with Gasteiger partial charge in [-0.05, 0) is 61.2 Å². The van der Waals surface area contributed by atoms with Gasteiger partial charge in [-0.3, -0.25) is 9.36 Å². The number of aromatic nitrogens is 5. The molecular formula is C31H23N7O. The van der Waals surface area contributed by atoms with E-state index in [2.05, 4.69) is 31.3 Å². The Labute approximate surface area is 224 Å². The highest BCUT2D eigenvalue weighted by Gasteiger charge is 2.20. The fraction of sp³-hybridized carbons (Fsp3) is 0.0968. The predicted octanol–water partition coefficient (Wildman–Crippen LogP) is 5.74. The Morgan fingerprint density at radius 1 is 0.923 bits per heavy atom. The monoisotopic (exact) mass is 509 g/mol. The van der Waals surface area contributed by atoms with Gasteiger partial charge in [-0.25, -0.2) is 19.9 Å². The van der Waals surface area contributed by atoms with Gasteiger partial charge in [0.1, 0.15) is 18.0 Å². The van der Waals surface area contributed by atoms with Crippen LogP contribution in [0.2, 0.25) is 0 Å². The molecule has 1 atom stereocenters. The van der Waals surface area contributed by atoms with Gasteiger partial charge < -0.3 is 5.32 Å². The molecule has 0 fully saturated rings. The molecule has 0 saturated carbocycles. The van der Waals surface area contributed by atoms with E-state index in [0.29, 0.717) is 22.6 Å². The first kappa shape index (κ1) is 23.9. The van der Waals surface area contributed by atoms with Crippen molar-refractivity contribution in [1.82, 2.24) is 24.5 Å². The van der Waals surface area contributed by atoms with Gasteiger partial charge in [0.15, 0.2) is 0 Å². The van der Waals surface area contributed by atoms with Gasteiger partial charge in [0, 0.05) is 34.7 Å². The van der Waals surface area contributed by atoms with Crippen LogP contribution in [-0.4, -0.2) is 24.5 Å². The van der Waals surface area contributed by atoms with Gasteiger partial charge in [-0.1, -0.05) is 36.4 Å². The minimum atomic E-state index is -0.322. The van der Waals surface area contributed by atoms with Crippen LogP contribution < -0.4 is 10.9 Å². The summed E-state index contributed by atoms with van der Waals surface area (Å²) in [6.45, 7) is 3.82. The molecule has 0 radical (unpaired) electrons. The summed E-state index contributed by atoms with van der Waals surface area (Å²) >= 11 is 0. The molecule has 0 bridgehead atoms. The van der Waals surface area contributed by atoms with Crippen molar-refractivity contribution in [2.24, 2.45) is 0 Å². The Balaban J connectivity index is 1.55. The van der Waals surface area contributed by atoms with E-state index in [1.807, 2.05) is 68.4 Å². The van der Waals surface area contributed by atoms with Crippen molar-refractivity contribution in [2.45, 2.75) is 19.9 Å². The number of benzene rings is 3. The topological polar surface area (TPSA) is 109 Å². The number of pyridine rings is 1. The molecule has 0 spiro atoms. The Morgan fingerprint density at radius 3 is 2.49 bits per heavy atom.